The second kappa shape index (κ2) is 57.8. The number of amides is 4. The van der Waals surface area contributed by atoms with E-state index in [-0.39, 0.29) is 117 Å². The van der Waals surface area contributed by atoms with Gasteiger partial charge in [-0.05, 0) is 161 Å². The number of ether oxygens (including phenoxy) is 12. The predicted octanol–water partition coefficient (Wildman–Crippen LogP) is 15.2. The molecule has 5 atom stereocenters. The van der Waals surface area contributed by atoms with Crippen LogP contribution in [-0.2, 0) is 192 Å². The second-order valence-electron chi connectivity index (χ2n) is 34.9. The van der Waals surface area contributed by atoms with Gasteiger partial charge in [-0.1, -0.05) is 123 Å². The zero-order valence-corrected chi connectivity index (χ0v) is 82.1. The molecule has 7 heterocycles. The van der Waals surface area contributed by atoms with Crippen LogP contribution in [0.2, 0.25) is 0 Å². The van der Waals surface area contributed by atoms with Gasteiger partial charge in [-0.15, -0.1) is 0 Å². The summed E-state index contributed by atoms with van der Waals surface area (Å²) in [5, 5.41) is 18.2. The maximum absolute atomic E-state index is 13.5. The lowest BCUT2D eigenvalue weighted by molar-refractivity contribution is -0.184. The Balaban J connectivity index is 0.000000313. The third-order valence-corrected chi connectivity index (χ3v) is 28.2. The topological polar surface area (TPSA) is 312 Å². The van der Waals surface area contributed by atoms with E-state index in [4.69, 9.17) is 67.7 Å². The molecule has 716 valence electrons. The average Bonchev–Trinajstić information content (AvgIpc) is 1.69. The number of aliphatic hydroxyl groups excluding tert-OH is 1. The van der Waals surface area contributed by atoms with E-state index >= 15 is 0 Å². The molecule has 4 N–H and O–H groups in total. The molecule has 125 heavy (non-hydrogen) atoms. The lowest BCUT2D eigenvalue weighted by atomic mass is 9.77. The lowest BCUT2D eigenvalue weighted by Gasteiger charge is -2.37. The zero-order chi connectivity index (χ0) is 90.4. The Morgan fingerprint density at radius 3 is 1.09 bits per heavy atom. The third-order valence-electron chi connectivity index (χ3n) is 25.0. The van der Waals surface area contributed by atoms with E-state index in [9.17, 15) is 50.7 Å². The number of carbonyl (C=O) groups is 5. The van der Waals surface area contributed by atoms with Crippen LogP contribution >= 0.6 is 13.5 Å². The van der Waals surface area contributed by atoms with E-state index in [1.807, 2.05) is 88.4 Å². The summed E-state index contributed by atoms with van der Waals surface area (Å²) in [7, 11) is -2.23. The minimum atomic E-state index is -5.49. The molecule has 12 fully saturated rings. The van der Waals surface area contributed by atoms with Crippen molar-refractivity contribution in [2.75, 3.05) is 92.5 Å². The number of halogens is 3. The molecule has 0 radical (unpaired) electrons. The van der Waals surface area contributed by atoms with Gasteiger partial charge in [0.25, 0.3) is 0 Å². The maximum atomic E-state index is 13.5. The molecule has 2 aromatic carbocycles. The first-order valence-corrected chi connectivity index (χ1v) is 52.7. The summed E-state index contributed by atoms with van der Waals surface area (Å²) in [5.74, 6) is 0.118. The van der Waals surface area contributed by atoms with E-state index in [0.717, 1.165) is 162 Å². The summed E-state index contributed by atoms with van der Waals surface area (Å²) in [4.78, 5) is 63.6. The Morgan fingerprint density at radius 1 is 0.504 bits per heavy atom. The molecule has 0 bridgehead atoms. The number of aliphatic hydroxyl groups is 1. The van der Waals surface area contributed by atoms with Gasteiger partial charge >= 0.3 is 33.8 Å². The number of nitrogens with two attached hydrogens (primary N) is 1. The molecule has 25 nitrogen and oxygen atoms in total. The first-order chi connectivity index (χ1) is 58.6. The number of imide groups is 2. The molecule has 4 amide bonds. The molecule has 39 heteroatoms. The minimum absolute atomic E-state index is 0. The van der Waals surface area contributed by atoms with Crippen molar-refractivity contribution in [1.82, 2.24) is 9.80 Å². The third kappa shape index (κ3) is 37.6. The lowest BCUT2D eigenvalue weighted by Crippen LogP contribution is -2.45. The Hall–Kier alpha value is -2.66. The normalized spacial score (nSPS) is 24.8. The Labute approximate surface area is 785 Å². The number of rotatable bonds is 21. The summed E-state index contributed by atoms with van der Waals surface area (Å²) in [6, 6.07) is 19.7. The fraction of sp³-hybridized carbons (Fsp3) is 0.802. The van der Waals surface area contributed by atoms with E-state index < -0.39 is 46.2 Å². The fourth-order valence-electron chi connectivity index (χ4n) is 17.7. The van der Waals surface area contributed by atoms with Crippen LogP contribution in [0.15, 0.2) is 60.7 Å². The highest BCUT2D eigenvalue weighted by molar-refractivity contribution is 8.51. The van der Waals surface area contributed by atoms with Gasteiger partial charge in [0.05, 0.1) is 90.7 Å². The molecular formula is C86H138F3N3O22S11. The van der Waals surface area contributed by atoms with Crippen LogP contribution in [-0.4, -0.2) is 203 Å². The zero-order valence-electron chi connectivity index (χ0n) is 72.9. The molecule has 12 aliphatic rings. The predicted molar refractivity (Wildman–Crippen MR) is 499 cm³/mol. The summed E-state index contributed by atoms with van der Waals surface area (Å²) < 4.78 is 129. The molecule has 5 saturated carbocycles. The Bertz CT molecular complexity index is 3670. The quantitative estimate of drug-likeness (QED) is 0.0772. The Kier molecular flexibility index (Phi) is 53.0. The van der Waals surface area contributed by atoms with Crippen molar-refractivity contribution in [3.63, 3.8) is 0 Å². The largest absolute Gasteiger partial charge is 0.523 e. The van der Waals surface area contributed by atoms with Gasteiger partial charge in [0.1, 0.15) is 13.2 Å². The molecule has 5 spiro atoms. The average molecular weight is 1980 g/mol. The number of alkyl halides is 3. The van der Waals surface area contributed by atoms with Crippen molar-refractivity contribution in [1.29, 1.82) is 0 Å². The number of hydrogen-bond donors (Lipinski definition) is 3. The second-order valence-corrected chi connectivity index (χ2v) is 41.8. The van der Waals surface area contributed by atoms with Gasteiger partial charge in [-0.2, -0.15) is 35.1 Å². The first-order valence-electron chi connectivity index (χ1n) is 43.3. The van der Waals surface area contributed by atoms with E-state index in [1.54, 1.807) is 0 Å². The van der Waals surface area contributed by atoms with Gasteiger partial charge in [-0.3, -0.25) is 18.6 Å². The number of carbonyl (C=O) groups excluding carboxylic acids is 4. The molecule has 7 aliphatic heterocycles. The summed E-state index contributed by atoms with van der Waals surface area (Å²) in [6.07, 6.45) is 21.7. The standard InChI is InChI=1S/C24H33NO5.C15H19NO3.C14H24O4.C13H25NO2.C10H15F3O5S.C9H16O3.CH4.S4.S3.S2.H2S/c1-17(2)21(15-19-8-10-24(11-9-19)29-12-13-30-24)22(26)25-20(16-28-23(25)27)14-18-6-4-3-5-7-18;1-11(2)8-14(17)16-13(10-19-15(16)18)9-12-6-4-3-5-7-12;1-10(2)12(13(15)16)9-11-3-5-14(6-4-11)17-7-8-18-14;1-10(2)12(14)9-11-3-5-13(6-4-11)15-7-8-16-13;11-10(12,13)19(14,15)18-7-8-1-3-9(4-2-8)16-5-6-17-9;10-7-8-1-3-9(4-2-8)11-5-6-12-9;;1-3-4-2;1-3-2;1-2;/h3-7,17,19-21H,8-16H2,1-2H3;3-7,11,13H,8-10H2,1-2H3;10-12H,3-9H2,1-2H3,(H,15,16);10-12H,3-9,14H2,1-2H3;8H,1-7H2;8,10H,1-7H2;1H4;;;;1H2/t20-,21-;13-;2*12-;;;;;;;/m0000......./s1. The highest BCUT2D eigenvalue weighted by atomic mass is 33.2. The van der Waals surface area contributed by atoms with Crippen LogP contribution in [0.4, 0.5) is 22.8 Å². The number of nitrogens with zero attached hydrogens (tertiary/aromatic N) is 2. The number of aliphatic carboxylic acids is 1. The number of carboxylic acids is 1. The van der Waals surface area contributed by atoms with Gasteiger partial charge in [-0.25, -0.2) is 19.4 Å². The SMILES string of the molecule is C.CC(C)CC(=O)N1C(=O)OC[C@@H]1Cc1ccccc1.CC(C)[C@@H](N)CC1CCC2(CC1)OCCO2.CC(C)[C@H](CC1CCC2(CC1)OCCO2)C(=O)N1C(=O)OC[C@@H]1Cc1ccccc1.CC(C)[C@H](CC1CCC2(CC1)OCCO2)C(=O)O.O=S(=O)(OCC1CCC2(CC1)OCCO2)C(F)(F)F.OCC1CCC2(CC1)OCCO2.S.S=S.S=S=S.S=S=S=S. The molecule has 14 rings (SSSR count). The van der Waals surface area contributed by atoms with Crippen molar-refractivity contribution in [3.8, 4) is 0 Å². The molecule has 7 saturated heterocycles. The van der Waals surface area contributed by atoms with Gasteiger partial charge in [0.2, 0.25) is 11.8 Å². The van der Waals surface area contributed by atoms with Crippen molar-refractivity contribution in [3.05, 3.63) is 71.8 Å². The minimum Gasteiger partial charge on any atom is -0.481 e. The smallest absolute Gasteiger partial charge is 0.481 e. The van der Waals surface area contributed by atoms with Crippen molar-refractivity contribution in [2.45, 2.75) is 282 Å². The number of cyclic esters (lactones) is 2. The van der Waals surface area contributed by atoms with Crippen LogP contribution in [0, 0.1) is 65.1 Å². The van der Waals surface area contributed by atoms with E-state index in [2.05, 4.69) is 99.0 Å². The van der Waals surface area contributed by atoms with Gasteiger partial charge in [0, 0.05) is 183 Å². The first kappa shape index (κ1) is 115. The van der Waals surface area contributed by atoms with Crippen LogP contribution in [0.3, 0.4) is 0 Å². The molecular weight excluding hydrogens is 1840 g/mol. The van der Waals surface area contributed by atoms with Gasteiger partial charge in [0.15, 0.2) is 28.9 Å². The summed E-state index contributed by atoms with van der Waals surface area (Å²) >= 11 is 24.2. The molecule has 5 aliphatic carbocycles. The Morgan fingerprint density at radius 2 is 0.800 bits per heavy atom. The van der Waals surface area contributed by atoms with E-state index in [1.165, 1.54) is 40.4 Å². The number of hydrogen-bond acceptors (Lipinski definition) is 28. The molecule has 0 unspecified atom stereocenters. The molecule has 2 aromatic rings. The highest BCUT2D eigenvalue weighted by Gasteiger charge is 2.50. The van der Waals surface area contributed by atoms with Crippen LogP contribution < -0.4 is 5.73 Å². The van der Waals surface area contributed by atoms with Crippen molar-refractivity contribution < 1.29 is 117 Å². The van der Waals surface area contributed by atoms with Gasteiger partial charge < -0.3 is 72.8 Å². The van der Waals surface area contributed by atoms with Crippen LogP contribution in [0.25, 0.3) is 0 Å². The number of carboxylic acid groups (broad SMARTS) is 1. The summed E-state index contributed by atoms with van der Waals surface area (Å²) in [5.41, 5.74) is 2.98. The van der Waals surface area contributed by atoms with Crippen molar-refractivity contribution in [2.24, 2.45) is 70.8 Å². The van der Waals surface area contributed by atoms with Crippen molar-refractivity contribution >= 4 is 147 Å². The van der Waals surface area contributed by atoms with E-state index in [0.29, 0.717) is 121 Å². The maximum Gasteiger partial charge on any atom is 0.523 e. The number of benzene rings is 2. The van der Waals surface area contributed by atoms with Crippen LogP contribution in [0.1, 0.15) is 228 Å². The fourth-order valence-corrected chi connectivity index (χ4v) is 18.2. The summed E-state index contributed by atoms with van der Waals surface area (Å²) in [6.45, 7) is 23.7. The highest BCUT2D eigenvalue weighted by Crippen LogP contribution is 2.46. The molecule has 0 aromatic heterocycles. The van der Waals surface area contributed by atoms with Crippen LogP contribution in [0.5, 0.6) is 0 Å². The monoisotopic (exact) mass is 1970 g/mol.